The molecule has 0 unspecified atom stereocenters. The van der Waals surface area contributed by atoms with Gasteiger partial charge in [-0.25, -0.2) is 8.42 Å². The van der Waals surface area contributed by atoms with E-state index in [-0.39, 0.29) is 29.9 Å². The van der Waals surface area contributed by atoms with Gasteiger partial charge >= 0.3 is 0 Å². The highest BCUT2D eigenvalue weighted by atomic mass is 32.2. The summed E-state index contributed by atoms with van der Waals surface area (Å²) in [6, 6.07) is 6.10. The molecule has 2 amide bonds. The molecule has 1 aliphatic carbocycles. The Morgan fingerprint density at radius 3 is 2.53 bits per heavy atom. The molecular formula is C22H33N3O5S2. The van der Waals surface area contributed by atoms with E-state index < -0.39 is 27.2 Å². The van der Waals surface area contributed by atoms with E-state index in [2.05, 4.69) is 16.0 Å². The number of nitrogens with one attached hydrogen (secondary N) is 3. The van der Waals surface area contributed by atoms with Gasteiger partial charge < -0.3 is 15.4 Å². The number of benzene rings is 1. The van der Waals surface area contributed by atoms with Gasteiger partial charge in [-0.15, -0.1) is 11.8 Å². The van der Waals surface area contributed by atoms with Gasteiger partial charge in [-0.05, 0) is 36.5 Å². The van der Waals surface area contributed by atoms with Gasteiger partial charge in [0.05, 0.1) is 18.6 Å². The van der Waals surface area contributed by atoms with Crippen LogP contribution in [-0.4, -0.2) is 62.6 Å². The van der Waals surface area contributed by atoms with Crippen LogP contribution >= 0.6 is 11.8 Å². The van der Waals surface area contributed by atoms with Gasteiger partial charge in [-0.2, -0.15) is 0 Å². The second-order valence-corrected chi connectivity index (χ2v) is 11.8. The molecule has 178 valence electrons. The number of carbonyl (C=O) groups is 2. The van der Waals surface area contributed by atoms with Crippen molar-refractivity contribution < 1.29 is 22.7 Å². The molecule has 0 radical (unpaired) electrons. The van der Waals surface area contributed by atoms with E-state index in [1.54, 1.807) is 19.2 Å². The normalized spacial score (nSPS) is 20.5. The van der Waals surface area contributed by atoms with Gasteiger partial charge in [0.1, 0.15) is 17.2 Å². The smallest absolute Gasteiger partial charge is 0.248 e. The van der Waals surface area contributed by atoms with Crippen LogP contribution in [0.25, 0.3) is 0 Å². The highest BCUT2D eigenvalue weighted by Crippen LogP contribution is 2.25. The molecule has 2 fully saturated rings. The Bertz CT molecular complexity index is 864. The fraction of sp³-hybridized carbons (Fsp3) is 0.636. The van der Waals surface area contributed by atoms with E-state index in [0.717, 1.165) is 43.4 Å². The van der Waals surface area contributed by atoms with Gasteiger partial charge in [0.15, 0.2) is 9.84 Å². The lowest BCUT2D eigenvalue weighted by molar-refractivity contribution is -0.128. The minimum Gasteiger partial charge on any atom is -0.497 e. The van der Waals surface area contributed by atoms with E-state index in [9.17, 15) is 18.0 Å². The van der Waals surface area contributed by atoms with Crippen LogP contribution in [0, 0.1) is 5.92 Å². The Hall–Kier alpha value is -1.78. The summed E-state index contributed by atoms with van der Waals surface area (Å²) in [7, 11) is -1.93. The average molecular weight is 484 g/mol. The largest absolute Gasteiger partial charge is 0.497 e. The summed E-state index contributed by atoms with van der Waals surface area (Å²) in [5.74, 6) is 0.476. The molecule has 2 atom stereocenters. The molecule has 1 aromatic rings. The summed E-state index contributed by atoms with van der Waals surface area (Å²) >= 11 is 1.45. The molecule has 1 saturated heterocycles. The minimum atomic E-state index is -3.51. The Labute approximate surface area is 194 Å². The number of ether oxygens (including phenoxy) is 1. The van der Waals surface area contributed by atoms with Crippen LogP contribution in [0.1, 0.15) is 37.7 Å². The zero-order chi connectivity index (χ0) is 23.0. The fourth-order valence-corrected chi connectivity index (χ4v) is 6.97. The molecule has 0 bridgehead atoms. The molecule has 10 heteroatoms. The fourth-order valence-electron chi connectivity index (χ4n) is 4.12. The number of amides is 2. The number of hydrogen-bond donors (Lipinski definition) is 3. The first-order valence-electron chi connectivity index (χ1n) is 11.1. The van der Waals surface area contributed by atoms with Crippen molar-refractivity contribution in [2.45, 2.75) is 50.1 Å². The maximum atomic E-state index is 12.9. The molecular weight excluding hydrogens is 450 g/mol. The number of methoxy groups -OCH3 is 1. The van der Waals surface area contributed by atoms with Gasteiger partial charge in [-0.3, -0.25) is 14.9 Å². The van der Waals surface area contributed by atoms with Crippen molar-refractivity contribution in [1.82, 2.24) is 16.0 Å². The van der Waals surface area contributed by atoms with Crippen LogP contribution in [0.15, 0.2) is 24.3 Å². The monoisotopic (exact) mass is 483 g/mol. The summed E-state index contributed by atoms with van der Waals surface area (Å²) in [6.45, 7) is 0.936. The van der Waals surface area contributed by atoms with Gasteiger partial charge in [-0.1, -0.05) is 31.4 Å². The van der Waals surface area contributed by atoms with Crippen LogP contribution < -0.4 is 20.7 Å². The zero-order valence-corrected chi connectivity index (χ0v) is 20.1. The first kappa shape index (κ1) is 24.9. The van der Waals surface area contributed by atoms with Crippen LogP contribution in [0.2, 0.25) is 0 Å². The van der Waals surface area contributed by atoms with E-state index in [1.165, 1.54) is 11.8 Å². The molecule has 0 spiro atoms. The molecule has 1 saturated carbocycles. The van der Waals surface area contributed by atoms with Crippen molar-refractivity contribution >= 4 is 33.4 Å². The second kappa shape index (κ2) is 11.9. The Kier molecular flexibility index (Phi) is 9.24. The predicted octanol–water partition coefficient (Wildman–Crippen LogP) is 1.45. The number of thioether (sulfide) groups is 1. The third kappa shape index (κ3) is 7.67. The van der Waals surface area contributed by atoms with E-state index in [0.29, 0.717) is 12.3 Å². The van der Waals surface area contributed by atoms with Gasteiger partial charge in [0.2, 0.25) is 11.8 Å². The molecule has 0 aromatic heterocycles. The lowest BCUT2D eigenvalue weighted by Crippen LogP contribution is -2.53. The number of sulfone groups is 1. The molecule has 1 aliphatic heterocycles. The standard InChI is InChI=1S/C22H33N3O5S2/c1-30-18-9-7-16(8-10-18)13-24-20(26)19(25-21(27)22-23-11-12-31-22)15-32(28,29)14-17-5-3-2-4-6-17/h7-10,17,19,22-23H,2-6,11-15H2,1H3,(H,24,26)(H,25,27)/t19-,22+/m0/s1. The topological polar surface area (TPSA) is 114 Å². The van der Waals surface area contributed by atoms with Gasteiger partial charge in [0.25, 0.3) is 0 Å². The van der Waals surface area contributed by atoms with Crippen molar-refractivity contribution in [1.29, 1.82) is 0 Å². The second-order valence-electron chi connectivity index (χ2n) is 8.41. The molecule has 1 aromatic carbocycles. The van der Waals surface area contributed by atoms with Crippen molar-refractivity contribution in [2.24, 2.45) is 5.92 Å². The Balaban J connectivity index is 1.63. The first-order chi connectivity index (χ1) is 15.4. The van der Waals surface area contributed by atoms with Gasteiger partial charge in [0, 0.05) is 18.8 Å². The summed E-state index contributed by atoms with van der Waals surface area (Å²) < 4.78 is 30.9. The maximum absolute atomic E-state index is 12.9. The summed E-state index contributed by atoms with van der Waals surface area (Å²) in [6.07, 6.45) is 5.06. The highest BCUT2D eigenvalue weighted by Gasteiger charge is 2.32. The summed E-state index contributed by atoms with van der Waals surface area (Å²) in [5.41, 5.74) is 0.849. The SMILES string of the molecule is COc1ccc(CNC(=O)[C@H](CS(=O)(=O)CC2CCCCC2)NC(=O)[C@@H]2NCCS2)cc1. The molecule has 1 heterocycles. The molecule has 8 nitrogen and oxygen atoms in total. The molecule has 3 N–H and O–H groups in total. The predicted molar refractivity (Wildman–Crippen MR) is 126 cm³/mol. The van der Waals surface area contributed by atoms with Crippen LogP contribution in [0.3, 0.4) is 0 Å². The Morgan fingerprint density at radius 2 is 1.91 bits per heavy atom. The molecule has 2 aliphatic rings. The van der Waals surface area contributed by atoms with E-state index in [1.807, 2.05) is 12.1 Å². The summed E-state index contributed by atoms with van der Waals surface area (Å²) in [4.78, 5) is 25.5. The van der Waals surface area contributed by atoms with Crippen LogP contribution in [-0.2, 0) is 26.0 Å². The van der Waals surface area contributed by atoms with Crippen molar-refractivity contribution in [3.05, 3.63) is 29.8 Å². The quantitative estimate of drug-likeness (QED) is 0.462. The number of hydrogen-bond acceptors (Lipinski definition) is 7. The third-order valence-electron chi connectivity index (χ3n) is 5.85. The number of carbonyl (C=O) groups excluding carboxylic acids is 2. The van der Waals surface area contributed by atoms with Crippen LogP contribution in [0.5, 0.6) is 5.75 Å². The van der Waals surface area contributed by atoms with Crippen molar-refractivity contribution in [2.75, 3.05) is 30.9 Å². The van der Waals surface area contributed by atoms with Crippen LogP contribution in [0.4, 0.5) is 0 Å². The highest BCUT2D eigenvalue weighted by molar-refractivity contribution is 8.00. The summed E-state index contributed by atoms with van der Waals surface area (Å²) in [5, 5.41) is 8.04. The molecule has 32 heavy (non-hydrogen) atoms. The average Bonchev–Trinajstić information content (AvgIpc) is 3.33. The molecule has 3 rings (SSSR count). The van der Waals surface area contributed by atoms with E-state index >= 15 is 0 Å². The Morgan fingerprint density at radius 1 is 1.19 bits per heavy atom. The zero-order valence-electron chi connectivity index (χ0n) is 18.5. The van der Waals surface area contributed by atoms with Crippen molar-refractivity contribution in [3.63, 3.8) is 0 Å². The lowest BCUT2D eigenvalue weighted by atomic mass is 9.91. The first-order valence-corrected chi connectivity index (χ1v) is 14.0. The minimum absolute atomic E-state index is 0.0710. The van der Waals surface area contributed by atoms with Crippen molar-refractivity contribution in [3.8, 4) is 5.75 Å². The number of rotatable bonds is 10. The maximum Gasteiger partial charge on any atom is 0.248 e. The van der Waals surface area contributed by atoms with E-state index in [4.69, 9.17) is 4.74 Å². The third-order valence-corrected chi connectivity index (χ3v) is 8.82. The lowest BCUT2D eigenvalue weighted by Gasteiger charge is -2.24.